The van der Waals surface area contributed by atoms with Crippen LogP contribution in [0.1, 0.15) is 33.4 Å². The van der Waals surface area contributed by atoms with E-state index in [1.807, 2.05) is 6.92 Å². The standard InChI is InChI=1S/C14H14F3N3OS/c1-2-11-12(22-20-19-11)13(21)18-8-7-9-3-5-10(6-4-9)14(15,16)17/h3-6H,2,7-8H2,1H3,(H,18,21). The third kappa shape index (κ3) is 4.03. The zero-order valence-electron chi connectivity index (χ0n) is 11.8. The van der Waals surface area contributed by atoms with E-state index in [2.05, 4.69) is 14.9 Å². The topological polar surface area (TPSA) is 54.9 Å². The van der Waals surface area contributed by atoms with Crippen LogP contribution >= 0.6 is 11.5 Å². The maximum absolute atomic E-state index is 12.4. The molecule has 1 heterocycles. The average molecular weight is 329 g/mol. The maximum atomic E-state index is 12.4. The van der Waals surface area contributed by atoms with Crippen LogP contribution in [0.3, 0.4) is 0 Å². The molecule has 0 aliphatic carbocycles. The van der Waals surface area contributed by atoms with Crippen molar-refractivity contribution in [3.05, 3.63) is 46.0 Å². The van der Waals surface area contributed by atoms with Crippen LogP contribution in [-0.2, 0) is 19.0 Å². The third-order valence-corrected chi connectivity index (χ3v) is 3.84. The Bertz CT molecular complexity index is 638. The van der Waals surface area contributed by atoms with Crippen molar-refractivity contribution in [2.75, 3.05) is 6.54 Å². The van der Waals surface area contributed by atoms with Gasteiger partial charge in [0, 0.05) is 6.54 Å². The molecule has 0 unspecified atom stereocenters. The lowest BCUT2D eigenvalue weighted by Crippen LogP contribution is -2.25. The Labute approximate surface area is 129 Å². The lowest BCUT2D eigenvalue weighted by molar-refractivity contribution is -0.137. The first-order chi connectivity index (χ1) is 10.4. The van der Waals surface area contributed by atoms with E-state index >= 15 is 0 Å². The summed E-state index contributed by atoms with van der Waals surface area (Å²) in [6.45, 7) is 2.22. The van der Waals surface area contributed by atoms with Crippen molar-refractivity contribution in [2.45, 2.75) is 25.9 Å². The first-order valence-electron chi connectivity index (χ1n) is 6.67. The van der Waals surface area contributed by atoms with Crippen LogP contribution in [0, 0.1) is 0 Å². The van der Waals surface area contributed by atoms with Gasteiger partial charge in [-0.2, -0.15) is 13.2 Å². The quantitative estimate of drug-likeness (QED) is 0.917. The van der Waals surface area contributed by atoms with Crippen molar-refractivity contribution in [1.82, 2.24) is 14.9 Å². The fraction of sp³-hybridized carbons (Fsp3) is 0.357. The minimum Gasteiger partial charge on any atom is -0.351 e. The van der Waals surface area contributed by atoms with Crippen LogP contribution in [0.25, 0.3) is 0 Å². The molecule has 1 N–H and O–H groups in total. The molecule has 4 nitrogen and oxygen atoms in total. The molecule has 0 atom stereocenters. The molecule has 0 saturated heterocycles. The zero-order valence-corrected chi connectivity index (χ0v) is 12.6. The van der Waals surface area contributed by atoms with E-state index in [0.717, 1.165) is 29.2 Å². The normalized spacial score (nSPS) is 11.5. The lowest BCUT2D eigenvalue weighted by atomic mass is 10.1. The molecule has 22 heavy (non-hydrogen) atoms. The van der Waals surface area contributed by atoms with Crippen molar-refractivity contribution < 1.29 is 18.0 Å². The number of hydrogen-bond acceptors (Lipinski definition) is 4. The molecule has 0 bridgehead atoms. The van der Waals surface area contributed by atoms with Gasteiger partial charge in [-0.3, -0.25) is 4.79 Å². The number of nitrogens with zero attached hydrogens (tertiary/aromatic N) is 2. The van der Waals surface area contributed by atoms with Gasteiger partial charge in [-0.15, -0.1) is 5.10 Å². The van der Waals surface area contributed by atoms with Crippen molar-refractivity contribution in [3.63, 3.8) is 0 Å². The van der Waals surface area contributed by atoms with Gasteiger partial charge in [0.25, 0.3) is 5.91 Å². The van der Waals surface area contributed by atoms with Gasteiger partial charge in [0.15, 0.2) is 0 Å². The number of rotatable bonds is 5. The summed E-state index contributed by atoms with van der Waals surface area (Å²) < 4.78 is 41.1. The molecule has 2 rings (SSSR count). The highest BCUT2D eigenvalue weighted by Crippen LogP contribution is 2.29. The molecule has 1 aromatic heterocycles. The number of nitrogens with one attached hydrogen (secondary N) is 1. The van der Waals surface area contributed by atoms with E-state index in [9.17, 15) is 18.0 Å². The molecule has 1 aromatic carbocycles. The summed E-state index contributed by atoms with van der Waals surface area (Å²) in [7, 11) is 0. The van der Waals surface area contributed by atoms with E-state index < -0.39 is 11.7 Å². The number of amides is 1. The fourth-order valence-corrected chi connectivity index (χ4v) is 2.54. The van der Waals surface area contributed by atoms with Gasteiger partial charge in [0.2, 0.25) is 0 Å². The van der Waals surface area contributed by atoms with Crippen LogP contribution in [0.4, 0.5) is 13.2 Å². The minimum absolute atomic E-state index is 0.251. The summed E-state index contributed by atoms with van der Waals surface area (Å²) >= 11 is 1.04. The monoisotopic (exact) mass is 329 g/mol. The van der Waals surface area contributed by atoms with Crippen LogP contribution < -0.4 is 5.32 Å². The number of aromatic nitrogens is 2. The van der Waals surface area contributed by atoms with E-state index in [1.165, 1.54) is 12.1 Å². The predicted molar refractivity (Wildman–Crippen MR) is 76.8 cm³/mol. The number of benzene rings is 1. The van der Waals surface area contributed by atoms with E-state index in [0.29, 0.717) is 30.0 Å². The minimum atomic E-state index is -4.33. The van der Waals surface area contributed by atoms with E-state index in [-0.39, 0.29) is 5.91 Å². The van der Waals surface area contributed by atoms with Gasteiger partial charge in [0.05, 0.1) is 11.3 Å². The molecule has 0 fully saturated rings. The summed E-state index contributed by atoms with van der Waals surface area (Å²) in [5.41, 5.74) is 0.701. The molecule has 0 spiro atoms. The largest absolute Gasteiger partial charge is 0.416 e. The summed E-state index contributed by atoms with van der Waals surface area (Å²) in [5, 5.41) is 6.58. The van der Waals surface area contributed by atoms with Crippen molar-refractivity contribution in [2.24, 2.45) is 0 Å². The molecule has 0 aliphatic rings. The Morgan fingerprint density at radius 2 is 1.95 bits per heavy atom. The fourth-order valence-electron chi connectivity index (χ4n) is 1.87. The first-order valence-corrected chi connectivity index (χ1v) is 7.44. The lowest BCUT2D eigenvalue weighted by Gasteiger charge is -2.08. The summed E-state index contributed by atoms with van der Waals surface area (Å²) in [6, 6.07) is 4.92. The van der Waals surface area contributed by atoms with Crippen LogP contribution in [-0.4, -0.2) is 22.0 Å². The summed E-state index contributed by atoms with van der Waals surface area (Å²) in [4.78, 5) is 12.4. The molecule has 0 radical (unpaired) electrons. The van der Waals surface area contributed by atoms with Crippen molar-refractivity contribution in [1.29, 1.82) is 0 Å². The van der Waals surface area contributed by atoms with Crippen LogP contribution in [0.2, 0.25) is 0 Å². The molecular formula is C14H14F3N3OS. The molecular weight excluding hydrogens is 315 g/mol. The highest BCUT2D eigenvalue weighted by molar-refractivity contribution is 7.08. The Balaban J connectivity index is 1.87. The Kier molecular flexibility index (Phi) is 5.12. The first kappa shape index (κ1) is 16.4. The highest BCUT2D eigenvalue weighted by Gasteiger charge is 2.29. The third-order valence-electron chi connectivity index (χ3n) is 3.08. The maximum Gasteiger partial charge on any atom is 0.416 e. The van der Waals surface area contributed by atoms with Crippen LogP contribution in [0.5, 0.6) is 0 Å². The summed E-state index contributed by atoms with van der Waals surface area (Å²) in [6.07, 6.45) is -3.25. The SMILES string of the molecule is CCc1nnsc1C(=O)NCCc1ccc(C(F)(F)F)cc1. The Hall–Kier alpha value is -1.96. The van der Waals surface area contributed by atoms with Gasteiger partial charge >= 0.3 is 6.18 Å². The number of hydrogen-bond donors (Lipinski definition) is 1. The smallest absolute Gasteiger partial charge is 0.351 e. The zero-order chi connectivity index (χ0) is 16.2. The average Bonchev–Trinajstić information content (AvgIpc) is 2.95. The van der Waals surface area contributed by atoms with Gasteiger partial charge in [-0.25, -0.2) is 0 Å². The Morgan fingerprint density at radius 1 is 1.27 bits per heavy atom. The molecule has 1 amide bonds. The van der Waals surface area contributed by atoms with E-state index in [4.69, 9.17) is 0 Å². The van der Waals surface area contributed by atoms with Gasteiger partial charge in [0.1, 0.15) is 4.88 Å². The van der Waals surface area contributed by atoms with Gasteiger partial charge in [-0.05, 0) is 42.1 Å². The molecule has 8 heteroatoms. The van der Waals surface area contributed by atoms with Crippen LogP contribution in [0.15, 0.2) is 24.3 Å². The van der Waals surface area contributed by atoms with E-state index in [1.54, 1.807) is 0 Å². The Morgan fingerprint density at radius 3 is 2.55 bits per heavy atom. The molecule has 0 saturated carbocycles. The van der Waals surface area contributed by atoms with Crippen molar-refractivity contribution in [3.8, 4) is 0 Å². The second kappa shape index (κ2) is 6.87. The second-order valence-electron chi connectivity index (χ2n) is 4.60. The number of carbonyl (C=O) groups excluding carboxylic acids is 1. The van der Waals surface area contributed by atoms with Gasteiger partial charge in [-0.1, -0.05) is 23.5 Å². The molecule has 2 aromatic rings. The summed E-state index contributed by atoms with van der Waals surface area (Å²) in [5.74, 6) is -0.251. The highest BCUT2D eigenvalue weighted by atomic mass is 32.1. The van der Waals surface area contributed by atoms with Crippen molar-refractivity contribution >= 4 is 17.4 Å². The number of aryl methyl sites for hydroxylation is 1. The van der Waals surface area contributed by atoms with Gasteiger partial charge < -0.3 is 5.32 Å². The molecule has 118 valence electrons. The number of carbonyl (C=O) groups is 1. The molecule has 0 aliphatic heterocycles. The second-order valence-corrected chi connectivity index (χ2v) is 5.36. The number of halogens is 3. The number of alkyl halides is 3. The predicted octanol–water partition coefficient (Wildman–Crippen LogP) is 3.09.